The fourth-order valence-corrected chi connectivity index (χ4v) is 6.32. The molecule has 1 aliphatic heterocycles. The number of piperidine rings is 1. The number of anilines is 1. The summed E-state index contributed by atoms with van der Waals surface area (Å²) >= 11 is 3.35. The number of hydrogen-bond donors (Lipinski definition) is 1. The van der Waals surface area contributed by atoms with Gasteiger partial charge in [-0.15, -0.1) is 5.10 Å². The van der Waals surface area contributed by atoms with Crippen LogP contribution < -0.4 is 5.32 Å². The highest BCUT2D eigenvalue weighted by atomic mass is 79.9. The second kappa shape index (κ2) is 9.85. The van der Waals surface area contributed by atoms with Gasteiger partial charge in [-0.2, -0.15) is 4.52 Å². The number of nitrogens with one attached hydrogen (secondary N) is 1. The third-order valence-corrected chi connectivity index (χ3v) is 8.97. The standard InChI is InChI=1S/C27H25BrN6O2S/c28-20-10-12-22(13-11-20)37(35,36)27-26-30-25(23-8-4-5-9-24(23)34(26)32-31-27)29-21-14-16-33(17-15-21)18-19-6-2-1-3-7-19/h1-13,21H,14-18H2,(H,29,30). The maximum Gasteiger partial charge on any atom is 0.229 e. The van der Waals surface area contributed by atoms with Crippen molar-refractivity contribution in [2.24, 2.45) is 0 Å². The number of benzene rings is 3. The minimum Gasteiger partial charge on any atom is -0.367 e. The quantitative estimate of drug-likeness (QED) is 0.305. The van der Waals surface area contributed by atoms with Crippen LogP contribution in [0.1, 0.15) is 18.4 Å². The number of para-hydroxylation sites is 1. The molecule has 0 atom stereocenters. The zero-order valence-electron chi connectivity index (χ0n) is 20.0. The van der Waals surface area contributed by atoms with E-state index in [0.29, 0.717) is 5.82 Å². The predicted octanol–water partition coefficient (Wildman–Crippen LogP) is 4.95. The molecule has 1 N–H and O–H groups in total. The average molecular weight is 578 g/mol. The number of likely N-dealkylation sites (tertiary alicyclic amines) is 1. The molecule has 0 saturated carbocycles. The predicted molar refractivity (Wildman–Crippen MR) is 146 cm³/mol. The van der Waals surface area contributed by atoms with Gasteiger partial charge in [0.1, 0.15) is 5.82 Å². The summed E-state index contributed by atoms with van der Waals surface area (Å²) in [4.78, 5) is 7.39. The molecule has 0 aliphatic carbocycles. The summed E-state index contributed by atoms with van der Waals surface area (Å²) in [6.45, 7) is 2.90. The Morgan fingerprint density at radius 3 is 2.38 bits per heavy atom. The molecule has 10 heteroatoms. The average Bonchev–Trinajstić information content (AvgIpc) is 3.36. The van der Waals surface area contributed by atoms with E-state index in [2.05, 4.69) is 60.7 Å². The Kier molecular flexibility index (Phi) is 6.39. The van der Waals surface area contributed by atoms with Crippen LogP contribution in [0.5, 0.6) is 0 Å². The first-order valence-corrected chi connectivity index (χ1v) is 14.4. The van der Waals surface area contributed by atoms with Crippen LogP contribution in [0.25, 0.3) is 16.6 Å². The Labute approximate surface area is 223 Å². The van der Waals surface area contributed by atoms with Gasteiger partial charge in [0.25, 0.3) is 0 Å². The molecule has 1 fully saturated rings. The van der Waals surface area contributed by atoms with Gasteiger partial charge in [0.2, 0.25) is 14.9 Å². The first-order valence-electron chi connectivity index (χ1n) is 12.2. The van der Waals surface area contributed by atoms with Crippen molar-refractivity contribution in [3.05, 3.63) is 88.9 Å². The topological polar surface area (TPSA) is 92.5 Å². The van der Waals surface area contributed by atoms with Crippen LogP contribution >= 0.6 is 15.9 Å². The molecule has 2 aromatic heterocycles. The fraction of sp³-hybridized carbons (Fsp3) is 0.222. The smallest absolute Gasteiger partial charge is 0.229 e. The van der Waals surface area contributed by atoms with Gasteiger partial charge in [0.05, 0.1) is 10.4 Å². The molecule has 0 unspecified atom stereocenters. The van der Waals surface area contributed by atoms with Gasteiger partial charge in [-0.05, 0) is 54.8 Å². The van der Waals surface area contributed by atoms with E-state index in [-0.39, 0.29) is 21.6 Å². The highest BCUT2D eigenvalue weighted by Crippen LogP contribution is 2.29. The van der Waals surface area contributed by atoms with Crippen LogP contribution in [-0.2, 0) is 16.4 Å². The maximum atomic E-state index is 13.4. The Morgan fingerprint density at radius 2 is 1.62 bits per heavy atom. The van der Waals surface area contributed by atoms with E-state index in [4.69, 9.17) is 4.98 Å². The van der Waals surface area contributed by atoms with Crippen LogP contribution in [-0.4, -0.2) is 52.3 Å². The Balaban J connectivity index is 1.31. The lowest BCUT2D eigenvalue weighted by molar-refractivity contribution is 0.211. The van der Waals surface area contributed by atoms with Gasteiger partial charge >= 0.3 is 0 Å². The van der Waals surface area contributed by atoms with Crippen molar-refractivity contribution in [2.75, 3.05) is 18.4 Å². The Morgan fingerprint density at radius 1 is 0.919 bits per heavy atom. The zero-order chi connectivity index (χ0) is 25.4. The van der Waals surface area contributed by atoms with Crippen molar-refractivity contribution >= 4 is 48.1 Å². The van der Waals surface area contributed by atoms with E-state index in [9.17, 15) is 8.42 Å². The van der Waals surface area contributed by atoms with Gasteiger partial charge in [0.15, 0.2) is 5.65 Å². The number of nitrogens with zero attached hydrogens (tertiary/aromatic N) is 5. The monoisotopic (exact) mass is 576 g/mol. The first kappa shape index (κ1) is 24.0. The highest BCUT2D eigenvalue weighted by Gasteiger charge is 2.28. The van der Waals surface area contributed by atoms with Gasteiger partial charge < -0.3 is 5.32 Å². The van der Waals surface area contributed by atoms with E-state index in [1.165, 1.54) is 10.1 Å². The second-order valence-corrected chi connectivity index (χ2v) is 12.0. The molecular weight excluding hydrogens is 552 g/mol. The van der Waals surface area contributed by atoms with E-state index in [1.807, 2.05) is 30.3 Å². The van der Waals surface area contributed by atoms with Crippen molar-refractivity contribution in [3.63, 3.8) is 0 Å². The molecule has 37 heavy (non-hydrogen) atoms. The van der Waals surface area contributed by atoms with Crippen molar-refractivity contribution in [2.45, 2.75) is 35.3 Å². The lowest BCUT2D eigenvalue weighted by atomic mass is 10.0. The van der Waals surface area contributed by atoms with Crippen molar-refractivity contribution < 1.29 is 8.42 Å². The summed E-state index contributed by atoms with van der Waals surface area (Å²) in [6.07, 6.45) is 1.94. The minimum absolute atomic E-state index is 0.147. The van der Waals surface area contributed by atoms with E-state index >= 15 is 0 Å². The van der Waals surface area contributed by atoms with Crippen molar-refractivity contribution in [3.8, 4) is 0 Å². The van der Waals surface area contributed by atoms with Gasteiger partial charge in [-0.1, -0.05) is 63.6 Å². The molecule has 3 heterocycles. The Bertz CT molecular complexity index is 1660. The lowest BCUT2D eigenvalue weighted by Gasteiger charge is -2.32. The van der Waals surface area contributed by atoms with Crippen LogP contribution in [0.4, 0.5) is 5.82 Å². The summed E-state index contributed by atoms with van der Waals surface area (Å²) in [7, 11) is -3.91. The van der Waals surface area contributed by atoms with Gasteiger partial charge in [-0.3, -0.25) is 4.90 Å². The molecule has 0 amide bonds. The number of aromatic nitrogens is 4. The van der Waals surface area contributed by atoms with E-state index < -0.39 is 9.84 Å². The molecular formula is C27H25BrN6O2S. The number of sulfone groups is 1. The zero-order valence-corrected chi connectivity index (χ0v) is 22.4. The fourth-order valence-electron chi connectivity index (χ4n) is 4.82. The molecule has 0 spiro atoms. The van der Waals surface area contributed by atoms with Crippen LogP contribution in [0, 0.1) is 0 Å². The van der Waals surface area contributed by atoms with Crippen LogP contribution in [0.2, 0.25) is 0 Å². The van der Waals surface area contributed by atoms with Gasteiger partial charge in [-0.25, -0.2) is 13.4 Å². The first-order chi connectivity index (χ1) is 18.0. The number of hydrogen-bond acceptors (Lipinski definition) is 7. The number of rotatable bonds is 6. The number of halogens is 1. The third-order valence-electron chi connectivity index (χ3n) is 6.78. The van der Waals surface area contributed by atoms with Crippen LogP contribution in [0.15, 0.2) is 93.3 Å². The van der Waals surface area contributed by atoms with Crippen molar-refractivity contribution in [1.29, 1.82) is 0 Å². The van der Waals surface area contributed by atoms with E-state index in [0.717, 1.165) is 47.9 Å². The second-order valence-electron chi connectivity index (χ2n) is 9.25. The van der Waals surface area contributed by atoms with Crippen molar-refractivity contribution in [1.82, 2.24) is 24.7 Å². The summed E-state index contributed by atoms with van der Waals surface area (Å²) in [6, 6.07) is 25.0. The summed E-state index contributed by atoms with van der Waals surface area (Å²) in [5.41, 5.74) is 2.28. The summed E-state index contributed by atoms with van der Waals surface area (Å²) < 4.78 is 29.2. The molecule has 0 bridgehead atoms. The van der Waals surface area contributed by atoms with E-state index in [1.54, 1.807) is 24.3 Å². The SMILES string of the molecule is O=S(=O)(c1ccc(Br)cc1)c1nnn2c1nc(NC1CCN(Cc3ccccc3)CC1)c1ccccc12. The minimum atomic E-state index is -3.91. The largest absolute Gasteiger partial charge is 0.367 e. The molecule has 5 aromatic rings. The summed E-state index contributed by atoms with van der Waals surface area (Å²) in [5.74, 6) is 0.652. The maximum absolute atomic E-state index is 13.4. The molecule has 1 aliphatic rings. The van der Waals surface area contributed by atoms with Crippen LogP contribution in [0.3, 0.4) is 0 Å². The molecule has 3 aromatic carbocycles. The molecule has 8 nitrogen and oxygen atoms in total. The molecule has 0 radical (unpaired) electrons. The third kappa shape index (κ3) is 4.72. The normalized spacial score (nSPS) is 15.4. The Hall–Kier alpha value is -3.34. The summed E-state index contributed by atoms with van der Waals surface area (Å²) in [5, 5.41) is 12.6. The molecule has 1 saturated heterocycles. The highest BCUT2D eigenvalue weighted by molar-refractivity contribution is 9.10. The lowest BCUT2D eigenvalue weighted by Crippen LogP contribution is -2.38. The molecule has 6 rings (SSSR count). The number of fused-ring (bicyclic) bond motifs is 3. The van der Waals surface area contributed by atoms with Gasteiger partial charge in [0, 0.05) is 35.5 Å². The molecule has 188 valence electrons.